The highest BCUT2D eigenvalue weighted by Gasteiger charge is 2.11. The maximum absolute atomic E-state index is 8.49. The Balaban J connectivity index is 1.70. The van der Waals surface area contributed by atoms with E-state index < -0.39 is 0 Å². The molecule has 3 rings (SSSR count). The van der Waals surface area contributed by atoms with E-state index in [1.165, 1.54) is 6.21 Å². The van der Waals surface area contributed by atoms with Gasteiger partial charge in [-0.3, -0.25) is 0 Å². The summed E-state index contributed by atoms with van der Waals surface area (Å²) in [6.45, 7) is 2.20. The molecule has 0 saturated carbocycles. The molecule has 0 aliphatic carbocycles. The topological polar surface area (TPSA) is 67.9 Å². The molecule has 2 aromatic carbocycles. The van der Waals surface area contributed by atoms with Gasteiger partial charge in [-0.1, -0.05) is 23.4 Å². The molecule has 1 aromatic heterocycles. The van der Waals surface area contributed by atoms with Crippen LogP contribution >= 0.6 is 0 Å². The molecule has 1 N–H and O–H groups in total. The maximum atomic E-state index is 8.49. The average Bonchev–Trinajstić information content (AvgIpc) is 2.96. The molecule has 1 heterocycles. The van der Waals surface area contributed by atoms with Crippen molar-refractivity contribution in [1.82, 2.24) is 4.98 Å². The highest BCUT2D eigenvalue weighted by molar-refractivity contribution is 5.79. The molecule has 5 nitrogen and oxygen atoms in total. The first-order valence-corrected chi connectivity index (χ1v) is 7.18. The average molecular weight is 308 g/mol. The van der Waals surface area contributed by atoms with Crippen LogP contribution in [0, 0.1) is 6.92 Å². The Morgan fingerprint density at radius 3 is 2.57 bits per heavy atom. The molecule has 0 radical (unpaired) electrons. The molecular weight excluding hydrogens is 292 g/mol. The largest absolute Gasteiger partial charge is 0.487 e. The van der Waals surface area contributed by atoms with E-state index in [9.17, 15) is 0 Å². The molecule has 0 aliphatic rings. The fourth-order valence-electron chi connectivity index (χ4n) is 2.13. The van der Waals surface area contributed by atoms with E-state index in [0.717, 1.165) is 22.6 Å². The minimum Gasteiger partial charge on any atom is -0.487 e. The molecule has 5 heteroatoms. The Morgan fingerprint density at radius 2 is 1.87 bits per heavy atom. The van der Waals surface area contributed by atoms with E-state index in [4.69, 9.17) is 14.4 Å². The van der Waals surface area contributed by atoms with Crippen molar-refractivity contribution < 1.29 is 14.4 Å². The first-order valence-electron chi connectivity index (χ1n) is 7.18. The quantitative estimate of drug-likeness (QED) is 0.439. The molecule has 0 aliphatic heterocycles. The molecule has 0 fully saturated rings. The van der Waals surface area contributed by atoms with Crippen LogP contribution in [0.2, 0.25) is 0 Å². The lowest BCUT2D eigenvalue weighted by atomic mass is 10.2. The predicted molar refractivity (Wildman–Crippen MR) is 86.8 cm³/mol. The summed E-state index contributed by atoms with van der Waals surface area (Å²) in [5.74, 6) is 2.05. The lowest BCUT2D eigenvalue weighted by molar-refractivity contribution is 0.299. The smallest absolute Gasteiger partial charge is 0.226 e. The Kier molecular flexibility index (Phi) is 4.38. The molecule has 0 saturated heterocycles. The third-order valence-corrected chi connectivity index (χ3v) is 3.38. The number of oxazole rings is 1. The monoisotopic (exact) mass is 308 g/mol. The number of aromatic nitrogens is 1. The van der Waals surface area contributed by atoms with Gasteiger partial charge in [-0.2, -0.15) is 0 Å². The molecule has 0 bridgehead atoms. The van der Waals surface area contributed by atoms with Gasteiger partial charge in [0.15, 0.2) is 0 Å². The van der Waals surface area contributed by atoms with Gasteiger partial charge in [0.25, 0.3) is 0 Å². The summed E-state index contributed by atoms with van der Waals surface area (Å²) in [6.07, 6.45) is 1.36. The Morgan fingerprint density at radius 1 is 1.13 bits per heavy atom. The summed E-state index contributed by atoms with van der Waals surface area (Å²) in [5.41, 5.74) is 2.50. The minimum atomic E-state index is 0.329. The summed E-state index contributed by atoms with van der Waals surface area (Å²) in [5, 5.41) is 11.5. The highest BCUT2D eigenvalue weighted by Crippen LogP contribution is 2.22. The maximum Gasteiger partial charge on any atom is 0.226 e. The van der Waals surface area contributed by atoms with E-state index in [2.05, 4.69) is 10.1 Å². The van der Waals surface area contributed by atoms with Crippen LogP contribution in [0.1, 0.15) is 17.0 Å². The molecule has 3 aromatic rings. The number of rotatable bonds is 5. The van der Waals surface area contributed by atoms with Crippen LogP contribution in [0.15, 0.2) is 64.2 Å². The molecule has 0 atom stereocenters. The minimum absolute atomic E-state index is 0.329. The van der Waals surface area contributed by atoms with Crippen molar-refractivity contribution in [3.05, 3.63) is 71.6 Å². The summed E-state index contributed by atoms with van der Waals surface area (Å²) in [4.78, 5) is 4.50. The Labute approximate surface area is 133 Å². The van der Waals surface area contributed by atoms with Crippen molar-refractivity contribution >= 4 is 6.21 Å². The SMILES string of the molecule is Cc1oc(-c2ccccc2)nc1COc1ccc(C=NO)cc1. The number of oxime groups is 1. The number of hydrogen-bond acceptors (Lipinski definition) is 5. The number of aryl methyl sites for hydroxylation is 1. The molecule has 116 valence electrons. The summed E-state index contributed by atoms with van der Waals surface area (Å²) < 4.78 is 11.4. The fraction of sp³-hybridized carbons (Fsp3) is 0.111. The van der Waals surface area contributed by atoms with Gasteiger partial charge in [0.2, 0.25) is 5.89 Å². The number of ether oxygens (including phenoxy) is 1. The third-order valence-electron chi connectivity index (χ3n) is 3.38. The molecule has 0 amide bonds. The predicted octanol–water partition coefficient (Wildman–Crippen LogP) is 4.04. The van der Waals surface area contributed by atoms with Crippen molar-refractivity contribution in [2.24, 2.45) is 5.16 Å². The van der Waals surface area contributed by atoms with Crippen LogP contribution in [0.3, 0.4) is 0 Å². The normalized spacial score (nSPS) is 11.0. The van der Waals surface area contributed by atoms with Gasteiger partial charge < -0.3 is 14.4 Å². The Bertz CT molecular complexity index is 793. The van der Waals surface area contributed by atoms with E-state index in [1.807, 2.05) is 49.4 Å². The van der Waals surface area contributed by atoms with Crippen LogP contribution < -0.4 is 4.74 Å². The molecular formula is C18H16N2O3. The van der Waals surface area contributed by atoms with Gasteiger partial charge in [-0.15, -0.1) is 0 Å². The van der Waals surface area contributed by atoms with E-state index in [1.54, 1.807) is 12.1 Å². The lowest BCUT2D eigenvalue weighted by Gasteiger charge is -2.04. The van der Waals surface area contributed by atoms with Gasteiger partial charge >= 0.3 is 0 Å². The third kappa shape index (κ3) is 3.58. The number of benzene rings is 2. The fourth-order valence-corrected chi connectivity index (χ4v) is 2.13. The van der Waals surface area contributed by atoms with Crippen LogP contribution in [-0.4, -0.2) is 16.4 Å². The van der Waals surface area contributed by atoms with Crippen LogP contribution in [-0.2, 0) is 6.61 Å². The Hall–Kier alpha value is -3.08. The highest BCUT2D eigenvalue weighted by atomic mass is 16.5. The van der Waals surface area contributed by atoms with E-state index in [-0.39, 0.29) is 0 Å². The van der Waals surface area contributed by atoms with Gasteiger partial charge in [0, 0.05) is 5.56 Å². The van der Waals surface area contributed by atoms with Gasteiger partial charge in [-0.25, -0.2) is 4.98 Å². The zero-order valence-corrected chi connectivity index (χ0v) is 12.6. The standard InChI is InChI=1S/C18H16N2O3/c1-13-17(20-18(23-13)15-5-3-2-4-6-15)12-22-16-9-7-14(8-10-16)11-19-21/h2-11,21H,12H2,1H3. The molecule has 0 unspecified atom stereocenters. The van der Waals surface area contributed by atoms with Gasteiger partial charge in [0.05, 0.1) is 6.21 Å². The summed E-state index contributed by atoms with van der Waals surface area (Å²) in [6, 6.07) is 17.0. The van der Waals surface area contributed by atoms with Crippen LogP contribution in [0.4, 0.5) is 0 Å². The van der Waals surface area contributed by atoms with Crippen molar-refractivity contribution in [3.63, 3.8) is 0 Å². The van der Waals surface area contributed by atoms with Crippen molar-refractivity contribution in [1.29, 1.82) is 0 Å². The first kappa shape index (κ1) is 14.8. The molecule has 23 heavy (non-hydrogen) atoms. The number of nitrogens with zero attached hydrogens (tertiary/aromatic N) is 2. The number of hydrogen-bond donors (Lipinski definition) is 1. The van der Waals surface area contributed by atoms with Crippen molar-refractivity contribution in [3.8, 4) is 17.2 Å². The van der Waals surface area contributed by atoms with Crippen LogP contribution in [0.5, 0.6) is 5.75 Å². The van der Waals surface area contributed by atoms with Crippen molar-refractivity contribution in [2.75, 3.05) is 0 Å². The lowest BCUT2D eigenvalue weighted by Crippen LogP contribution is -1.97. The van der Waals surface area contributed by atoms with E-state index >= 15 is 0 Å². The first-order chi connectivity index (χ1) is 11.3. The summed E-state index contributed by atoms with van der Waals surface area (Å²) in [7, 11) is 0. The molecule has 0 spiro atoms. The van der Waals surface area contributed by atoms with Crippen LogP contribution in [0.25, 0.3) is 11.5 Å². The van der Waals surface area contributed by atoms with Gasteiger partial charge in [0.1, 0.15) is 23.8 Å². The summed E-state index contributed by atoms with van der Waals surface area (Å²) >= 11 is 0. The zero-order chi connectivity index (χ0) is 16.1. The second-order valence-corrected chi connectivity index (χ2v) is 4.99. The second kappa shape index (κ2) is 6.79. The van der Waals surface area contributed by atoms with E-state index in [0.29, 0.717) is 18.2 Å². The second-order valence-electron chi connectivity index (χ2n) is 4.99. The van der Waals surface area contributed by atoms with Crippen molar-refractivity contribution in [2.45, 2.75) is 13.5 Å². The zero-order valence-electron chi connectivity index (χ0n) is 12.6. The van der Waals surface area contributed by atoms with Gasteiger partial charge in [-0.05, 0) is 48.9 Å².